The van der Waals surface area contributed by atoms with Gasteiger partial charge >= 0.3 is 0 Å². The number of aromatic nitrogens is 2. The van der Waals surface area contributed by atoms with Crippen molar-refractivity contribution in [2.24, 2.45) is 12.8 Å². The molecular weight excluding hydrogens is 350 g/mol. The minimum atomic E-state index is -0.114. The number of benzene rings is 2. The predicted molar refractivity (Wildman–Crippen MR) is 90.5 cm³/mol. The first kappa shape index (κ1) is 14.6. The maximum atomic E-state index is 6.33. The van der Waals surface area contributed by atoms with E-state index >= 15 is 0 Å². The van der Waals surface area contributed by atoms with Gasteiger partial charge in [0.15, 0.2) is 0 Å². The molecule has 0 aliphatic rings. The Morgan fingerprint density at radius 3 is 2.81 bits per heavy atom. The van der Waals surface area contributed by atoms with Gasteiger partial charge in [-0.15, -0.1) is 0 Å². The summed E-state index contributed by atoms with van der Waals surface area (Å²) < 4.78 is 2.76. The molecule has 0 bridgehead atoms. The van der Waals surface area contributed by atoms with Crippen molar-refractivity contribution in [3.05, 3.63) is 63.2 Å². The summed E-state index contributed by atoms with van der Waals surface area (Å²) in [6.45, 7) is 0. The van der Waals surface area contributed by atoms with Crippen molar-refractivity contribution in [2.75, 3.05) is 0 Å². The summed E-state index contributed by atoms with van der Waals surface area (Å²) in [7, 11) is 1.95. The summed E-state index contributed by atoms with van der Waals surface area (Å²) in [6.07, 6.45) is 0.690. The molecule has 3 nitrogen and oxygen atoms in total. The zero-order valence-electron chi connectivity index (χ0n) is 11.6. The van der Waals surface area contributed by atoms with Crippen molar-refractivity contribution in [2.45, 2.75) is 12.5 Å². The van der Waals surface area contributed by atoms with E-state index in [1.807, 2.05) is 42.1 Å². The van der Waals surface area contributed by atoms with Crippen LogP contribution < -0.4 is 5.73 Å². The van der Waals surface area contributed by atoms with E-state index in [-0.39, 0.29) is 6.04 Å². The number of para-hydroxylation sites is 1. The molecule has 1 unspecified atom stereocenters. The number of nitrogens with zero attached hydrogens (tertiary/aromatic N) is 2. The molecule has 0 spiro atoms. The van der Waals surface area contributed by atoms with E-state index in [0.29, 0.717) is 11.4 Å². The molecule has 5 heteroatoms. The summed E-state index contributed by atoms with van der Waals surface area (Å²) in [5.41, 5.74) is 9.52. The van der Waals surface area contributed by atoms with Crippen molar-refractivity contribution in [1.82, 2.24) is 9.78 Å². The smallest absolute Gasteiger partial charge is 0.0722 e. The molecule has 0 saturated heterocycles. The highest BCUT2D eigenvalue weighted by Gasteiger charge is 2.14. The number of hydrogen-bond donors (Lipinski definition) is 1. The second-order valence-corrected chi connectivity index (χ2v) is 6.33. The van der Waals surface area contributed by atoms with E-state index in [4.69, 9.17) is 17.3 Å². The van der Waals surface area contributed by atoms with Gasteiger partial charge < -0.3 is 5.73 Å². The molecule has 1 aromatic heterocycles. The van der Waals surface area contributed by atoms with Crippen LogP contribution in [0.3, 0.4) is 0 Å². The quantitative estimate of drug-likeness (QED) is 0.755. The van der Waals surface area contributed by atoms with Crippen molar-refractivity contribution < 1.29 is 0 Å². The Balaban J connectivity index is 1.92. The van der Waals surface area contributed by atoms with Gasteiger partial charge in [-0.05, 0) is 39.7 Å². The number of rotatable bonds is 3. The lowest BCUT2D eigenvalue weighted by Gasteiger charge is -2.11. The normalized spacial score (nSPS) is 12.8. The van der Waals surface area contributed by atoms with Crippen LogP contribution in [0, 0.1) is 0 Å². The van der Waals surface area contributed by atoms with Crippen molar-refractivity contribution in [3.63, 3.8) is 0 Å². The molecule has 108 valence electrons. The highest BCUT2D eigenvalue weighted by molar-refractivity contribution is 9.10. The van der Waals surface area contributed by atoms with Crippen LogP contribution in [0.4, 0.5) is 0 Å². The fraction of sp³-hybridized carbons (Fsp3) is 0.188. The maximum absolute atomic E-state index is 6.33. The zero-order chi connectivity index (χ0) is 15.0. The minimum absolute atomic E-state index is 0.114. The van der Waals surface area contributed by atoms with E-state index in [0.717, 1.165) is 26.6 Å². The van der Waals surface area contributed by atoms with Gasteiger partial charge in [0, 0.05) is 29.4 Å². The molecular formula is C16H15BrClN3. The summed E-state index contributed by atoms with van der Waals surface area (Å²) in [5, 5.41) is 6.44. The standard InChI is InChI=1S/C16H15BrClN3/c1-21-16-5-3-2-4-11(16)15(20-21)9-14(19)10-6-7-13(18)12(17)8-10/h2-8,14H,9,19H2,1H3. The minimum Gasteiger partial charge on any atom is -0.324 e. The van der Waals surface area contributed by atoms with Crippen molar-refractivity contribution >= 4 is 38.4 Å². The molecule has 2 N–H and O–H groups in total. The van der Waals surface area contributed by atoms with Crippen LogP contribution in [-0.2, 0) is 13.5 Å². The second kappa shape index (κ2) is 5.79. The number of hydrogen-bond acceptors (Lipinski definition) is 2. The van der Waals surface area contributed by atoms with Gasteiger partial charge in [-0.1, -0.05) is 35.9 Å². The molecule has 3 rings (SSSR count). The second-order valence-electron chi connectivity index (χ2n) is 5.07. The van der Waals surface area contributed by atoms with Gasteiger partial charge in [0.05, 0.1) is 16.2 Å². The van der Waals surface area contributed by atoms with E-state index in [1.165, 1.54) is 0 Å². The highest BCUT2D eigenvalue weighted by atomic mass is 79.9. The Morgan fingerprint density at radius 2 is 2.05 bits per heavy atom. The van der Waals surface area contributed by atoms with Crippen LogP contribution in [-0.4, -0.2) is 9.78 Å². The molecule has 0 aliphatic heterocycles. The molecule has 0 fully saturated rings. The number of nitrogens with two attached hydrogens (primary N) is 1. The third-order valence-corrected chi connectivity index (χ3v) is 4.83. The van der Waals surface area contributed by atoms with Crippen molar-refractivity contribution in [1.29, 1.82) is 0 Å². The largest absolute Gasteiger partial charge is 0.324 e. The molecule has 0 amide bonds. The molecule has 0 aliphatic carbocycles. The van der Waals surface area contributed by atoms with E-state index in [1.54, 1.807) is 0 Å². The summed E-state index contributed by atoms with van der Waals surface area (Å²) in [4.78, 5) is 0. The molecule has 1 atom stereocenters. The van der Waals surface area contributed by atoms with E-state index in [9.17, 15) is 0 Å². The number of fused-ring (bicyclic) bond motifs is 1. The fourth-order valence-corrected chi connectivity index (χ4v) is 3.02. The van der Waals surface area contributed by atoms with Gasteiger partial charge in [-0.3, -0.25) is 4.68 Å². The number of halogens is 2. The number of aryl methyl sites for hydroxylation is 1. The van der Waals surface area contributed by atoms with E-state index < -0.39 is 0 Å². The monoisotopic (exact) mass is 363 g/mol. The van der Waals surface area contributed by atoms with Gasteiger partial charge in [0.25, 0.3) is 0 Å². The molecule has 0 radical (unpaired) electrons. The Labute approximate surface area is 136 Å². The Hall–Kier alpha value is -1.36. The van der Waals surface area contributed by atoms with Crippen LogP contribution in [0.2, 0.25) is 5.02 Å². The highest BCUT2D eigenvalue weighted by Crippen LogP contribution is 2.28. The molecule has 21 heavy (non-hydrogen) atoms. The van der Waals surface area contributed by atoms with Gasteiger partial charge in [-0.2, -0.15) is 5.10 Å². The first-order valence-electron chi connectivity index (χ1n) is 6.67. The topological polar surface area (TPSA) is 43.8 Å². The average Bonchev–Trinajstić information content (AvgIpc) is 2.79. The van der Waals surface area contributed by atoms with Gasteiger partial charge in [0.2, 0.25) is 0 Å². The van der Waals surface area contributed by atoms with Crippen LogP contribution in [0.1, 0.15) is 17.3 Å². The lowest BCUT2D eigenvalue weighted by atomic mass is 10.0. The Kier molecular flexibility index (Phi) is 4.02. The molecule has 3 aromatic rings. The lowest BCUT2D eigenvalue weighted by Crippen LogP contribution is -2.14. The third-order valence-electron chi connectivity index (χ3n) is 3.62. The van der Waals surface area contributed by atoms with Gasteiger partial charge in [0.1, 0.15) is 0 Å². The lowest BCUT2D eigenvalue weighted by molar-refractivity contribution is 0.682. The third kappa shape index (κ3) is 2.84. The summed E-state index contributed by atoms with van der Waals surface area (Å²) in [5.74, 6) is 0. The molecule has 0 saturated carbocycles. The van der Waals surface area contributed by atoms with Crippen molar-refractivity contribution in [3.8, 4) is 0 Å². The summed E-state index contributed by atoms with van der Waals surface area (Å²) >= 11 is 9.46. The summed E-state index contributed by atoms with van der Waals surface area (Å²) in [6, 6.07) is 13.9. The van der Waals surface area contributed by atoms with Crippen LogP contribution >= 0.6 is 27.5 Å². The molecule has 1 heterocycles. The Morgan fingerprint density at radius 1 is 1.29 bits per heavy atom. The first-order chi connectivity index (χ1) is 10.1. The average molecular weight is 365 g/mol. The molecule has 2 aromatic carbocycles. The van der Waals surface area contributed by atoms with Crippen LogP contribution in [0.15, 0.2) is 46.9 Å². The first-order valence-corrected chi connectivity index (χ1v) is 7.84. The van der Waals surface area contributed by atoms with E-state index in [2.05, 4.69) is 33.2 Å². The van der Waals surface area contributed by atoms with Crippen LogP contribution in [0.25, 0.3) is 10.9 Å². The van der Waals surface area contributed by atoms with Crippen LogP contribution in [0.5, 0.6) is 0 Å². The fourth-order valence-electron chi connectivity index (χ4n) is 2.51. The SMILES string of the molecule is Cn1nc(CC(N)c2ccc(Cl)c(Br)c2)c2ccccc21. The maximum Gasteiger partial charge on any atom is 0.0722 e. The Bertz CT molecular complexity index is 797. The van der Waals surface area contributed by atoms with Gasteiger partial charge in [-0.25, -0.2) is 0 Å². The predicted octanol–water partition coefficient (Wildman–Crippen LogP) is 4.23. The zero-order valence-corrected chi connectivity index (χ0v) is 13.9.